The molecule has 0 unspecified atom stereocenters. The van der Waals surface area contributed by atoms with E-state index in [9.17, 15) is 27.2 Å². The molecular formula is C17H20F4N4O2. The van der Waals surface area contributed by atoms with Crippen molar-refractivity contribution in [1.29, 1.82) is 0 Å². The summed E-state index contributed by atoms with van der Waals surface area (Å²) in [6, 6.07) is 6.03. The van der Waals surface area contributed by atoms with Gasteiger partial charge in [-0.2, -0.15) is 13.2 Å². The summed E-state index contributed by atoms with van der Waals surface area (Å²) in [5.41, 5.74) is -0.761. The van der Waals surface area contributed by atoms with Gasteiger partial charge >= 0.3 is 6.18 Å². The lowest BCUT2D eigenvalue weighted by atomic mass is 9.86. The standard InChI is InChI=1S/C17H20F4N4O2/c18-12-3-1-2-4-13(12)25-11-24(9-14(26)23-10-17(19,20)21)15(27)16(25)5-7-22-8-6-16/h1-4,22H,5-11H2,(H,23,26). The molecule has 0 aromatic heterocycles. The first-order valence-corrected chi connectivity index (χ1v) is 8.59. The van der Waals surface area contributed by atoms with Gasteiger partial charge in [-0.3, -0.25) is 9.59 Å². The number of nitrogens with one attached hydrogen (secondary N) is 2. The Labute approximate surface area is 153 Å². The van der Waals surface area contributed by atoms with E-state index in [0.717, 1.165) is 0 Å². The molecule has 2 aliphatic rings. The second-order valence-electron chi connectivity index (χ2n) is 6.70. The minimum Gasteiger partial charge on any atom is -0.345 e. The molecule has 0 bridgehead atoms. The highest BCUT2D eigenvalue weighted by molar-refractivity contribution is 5.96. The molecule has 2 fully saturated rings. The van der Waals surface area contributed by atoms with Crippen LogP contribution in [0.15, 0.2) is 24.3 Å². The van der Waals surface area contributed by atoms with Crippen LogP contribution in [-0.2, 0) is 9.59 Å². The van der Waals surface area contributed by atoms with Crippen LogP contribution in [0.2, 0.25) is 0 Å². The smallest absolute Gasteiger partial charge is 0.345 e. The lowest BCUT2D eigenvalue weighted by molar-refractivity contribution is -0.142. The fourth-order valence-corrected chi connectivity index (χ4v) is 3.63. The maximum atomic E-state index is 14.4. The van der Waals surface area contributed by atoms with Gasteiger partial charge in [0.25, 0.3) is 0 Å². The highest BCUT2D eigenvalue weighted by Gasteiger charge is 2.53. The summed E-state index contributed by atoms with van der Waals surface area (Å²) < 4.78 is 51.2. The molecule has 1 aromatic rings. The molecule has 0 radical (unpaired) electrons. The summed E-state index contributed by atoms with van der Waals surface area (Å²) in [5.74, 6) is -1.76. The van der Waals surface area contributed by atoms with Crippen molar-refractivity contribution in [3.63, 3.8) is 0 Å². The third kappa shape index (κ3) is 4.00. The van der Waals surface area contributed by atoms with Gasteiger partial charge < -0.3 is 20.4 Å². The first-order chi connectivity index (χ1) is 12.7. The molecule has 10 heteroatoms. The molecule has 0 aliphatic carbocycles. The Morgan fingerprint density at radius 1 is 1.22 bits per heavy atom. The van der Waals surface area contributed by atoms with Crippen LogP contribution in [0.25, 0.3) is 0 Å². The number of benzene rings is 1. The van der Waals surface area contributed by atoms with Gasteiger partial charge in [0.1, 0.15) is 24.4 Å². The Morgan fingerprint density at radius 3 is 2.52 bits per heavy atom. The summed E-state index contributed by atoms with van der Waals surface area (Å²) in [7, 11) is 0. The van der Waals surface area contributed by atoms with Gasteiger partial charge in [0.2, 0.25) is 11.8 Å². The van der Waals surface area contributed by atoms with Crippen LogP contribution in [0.5, 0.6) is 0 Å². The molecule has 2 heterocycles. The molecule has 0 saturated carbocycles. The van der Waals surface area contributed by atoms with E-state index in [2.05, 4.69) is 5.32 Å². The Morgan fingerprint density at radius 2 is 1.89 bits per heavy atom. The van der Waals surface area contributed by atoms with E-state index >= 15 is 0 Å². The van der Waals surface area contributed by atoms with Crippen molar-refractivity contribution >= 4 is 17.5 Å². The summed E-state index contributed by atoms with van der Waals surface area (Å²) >= 11 is 0. The molecular weight excluding hydrogens is 368 g/mol. The maximum absolute atomic E-state index is 14.4. The Kier molecular flexibility index (Phi) is 5.27. The number of nitrogens with zero attached hydrogens (tertiary/aromatic N) is 2. The molecule has 148 valence electrons. The van der Waals surface area contributed by atoms with Crippen LogP contribution in [0.3, 0.4) is 0 Å². The summed E-state index contributed by atoms with van der Waals surface area (Å²) in [4.78, 5) is 27.7. The number of alkyl halides is 3. The highest BCUT2D eigenvalue weighted by atomic mass is 19.4. The van der Waals surface area contributed by atoms with Gasteiger partial charge in [-0.05, 0) is 38.1 Å². The normalized spacial score (nSPS) is 19.6. The monoisotopic (exact) mass is 388 g/mol. The summed E-state index contributed by atoms with van der Waals surface area (Å²) in [5, 5.41) is 4.90. The first kappa shape index (κ1) is 19.4. The average molecular weight is 388 g/mol. The van der Waals surface area contributed by atoms with Crippen molar-refractivity contribution in [3.8, 4) is 0 Å². The van der Waals surface area contributed by atoms with E-state index in [1.165, 1.54) is 17.0 Å². The number of carbonyl (C=O) groups excluding carboxylic acids is 2. The van der Waals surface area contributed by atoms with Crippen molar-refractivity contribution in [3.05, 3.63) is 30.1 Å². The van der Waals surface area contributed by atoms with E-state index in [4.69, 9.17) is 0 Å². The SMILES string of the molecule is O=C(CN1CN(c2ccccc2F)C2(CCNCC2)C1=O)NCC(F)(F)F. The number of anilines is 1. The van der Waals surface area contributed by atoms with Crippen molar-refractivity contribution in [1.82, 2.24) is 15.5 Å². The van der Waals surface area contributed by atoms with Gasteiger partial charge in [0.15, 0.2) is 0 Å². The Balaban J connectivity index is 1.81. The van der Waals surface area contributed by atoms with Crippen LogP contribution in [0, 0.1) is 5.82 Å². The maximum Gasteiger partial charge on any atom is 0.405 e. The minimum absolute atomic E-state index is 0.0563. The zero-order chi connectivity index (χ0) is 19.7. The van der Waals surface area contributed by atoms with Crippen LogP contribution in [0.1, 0.15) is 12.8 Å². The number of hydrogen-bond acceptors (Lipinski definition) is 4. The van der Waals surface area contributed by atoms with Gasteiger partial charge in [-0.1, -0.05) is 12.1 Å². The molecule has 2 aliphatic heterocycles. The van der Waals surface area contributed by atoms with Gasteiger partial charge in [0.05, 0.1) is 12.4 Å². The van der Waals surface area contributed by atoms with E-state index in [1.54, 1.807) is 22.3 Å². The lowest BCUT2D eigenvalue weighted by Gasteiger charge is -2.40. The predicted molar refractivity (Wildman–Crippen MR) is 89.4 cm³/mol. The molecule has 0 atom stereocenters. The summed E-state index contributed by atoms with van der Waals surface area (Å²) in [6.07, 6.45) is -3.69. The largest absolute Gasteiger partial charge is 0.405 e. The number of piperidine rings is 1. The van der Waals surface area contributed by atoms with Crippen LogP contribution in [0.4, 0.5) is 23.2 Å². The number of carbonyl (C=O) groups is 2. The van der Waals surface area contributed by atoms with Crippen molar-refractivity contribution in [2.45, 2.75) is 24.6 Å². The van der Waals surface area contributed by atoms with Crippen molar-refractivity contribution in [2.75, 3.05) is 37.7 Å². The highest BCUT2D eigenvalue weighted by Crippen LogP contribution is 2.39. The van der Waals surface area contributed by atoms with E-state index in [-0.39, 0.29) is 18.3 Å². The van der Waals surface area contributed by atoms with E-state index < -0.39 is 36.5 Å². The number of amides is 2. The van der Waals surface area contributed by atoms with Crippen LogP contribution < -0.4 is 15.5 Å². The van der Waals surface area contributed by atoms with E-state index in [1.807, 2.05) is 0 Å². The molecule has 1 aromatic carbocycles. The van der Waals surface area contributed by atoms with Gasteiger partial charge in [-0.15, -0.1) is 0 Å². The number of rotatable bonds is 4. The van der Waals surface area contributed by atoms with E-state index in [0.29, 0.717) is 25.9 Å². The van der Waals surface area contributed by atoms with Gasteiger partial charge in [-0.25, -0.2) is 4.39 Å². The van der Waals surface area contributed by atoms with Crippen molar-refractivity contribution in [2.24, 2.45) is 0 Å². The van der Waals surface area contributed by atoms with Crippen molar-refractivity contribution < 1.29 is 27.2 Å². The average Bonchev–Trinajstić information content (AvgIpc) is 2.86. The number of halogens is 4. The second kappa shape index (κ2) is 7.34. The molecule has 6 nitrogen and oxygen atoms in total. The quantitative estimate of drug-likeness (QED) is 0.762. The zero-order valence-corrected chi connectivity index (χ0v) is 14.5. The second-order valence-corrected chi connectivity index (χ2v) is 6.70. The fraction of sp³-hybridized carbons (Fsp3) is 0.529. The topological polar surface area (TPSA) is 64.7 Å². The Hall–Kier alpha value is -2.36. The van der Waals surface area contributed by atoms with Crippen LogP contribution >= 0.6 is 0 Å². The third-order valence-electron chi connectivity index (χ3n) is 4.91. The predicted octanol–water partition coefficient (Wildman–Crippen LogP) is 1.23. The fourth-order valence-electron chi connectivity index (χ4n) is 3.63. The molecule has 2 saturated heterocycles. The summed E-state index contributed by atoms with van der Waals surface area (Å²) in [6.45, 7) is -0.927. The molecule has 1 spiro atoms. The Bertz CT molecular complexity index is 719. The van der Waals surface area contributed by atoms with Crippen LogP contribution in [-0.4, -0.2) is 61.3 Å². The third-order valence-corrected chi connectivity index (χ3v) is 4.91. The molecule has 3 rings (SSSR count). The molecule has 27 heavy (non-hydrogen) atoms. The number of hydrogen-bond donors (Lipinski definition) is 2. The zero-order valence-electron chi connectivity index (χ0n) is 14.5. The first-order valence-electron chi connectivity index (χ1n) is 8.59. The number of para-hydroxylation sites is 1. The van der Waals surface area contributed by atoms with Gasteiger partial charge in [0, 0.05) is 0 Å². The minimum atomic E-state index is -4.53. The molecule has 2 N–H and O–H groups in total. The molecule has 2 amide bonds. The lowest BCUT2D eigenvalue weighted by Crippen LogP contribution is -2.56.